The highest BCUT2D eigenvalue weighted by atomic mass is 16.1. The van der Waals surface area contributed by atoms with E-state index in [2.05, 4.69) is 21.4 Å². The molecular weight excluding hydrogens is 430 g/mol. The number of nitrogens with one attached hydrogen (secondary N) is 1. The summed E-state index contributed by atoms with van der Waals surface area (Å²) in [5.74, 6) is 0.671. The van der Waals surface area contributed by atoms with Crippen LogP contribution in [-0.4, -0.2) is 19.5 Å². The number of nitrogens with zero attached hydrogens (tertiary/aromatic N) is 6. The fourth-order valence-electron chi connectivity index (χ4n) is 4.06. The summed E-state index contributed by atoms with van der Waals surface area (Å²) in [4.78, 5) is 26.7. The largest absolute Gasteiger partial charge is 0.382 e. The summed E-state index contributed by atoms with van der Waals surface area (Å²) in [6.07, 6.45) is 1.80. The van der Waals surface area contributed by atoms with Crippen LogP contribution in [0.4, 0.5) is 17.6 Å². The number of nitrogens with two attached hydrogens (primary N) is 2. The molecule has 0 radical (unpaired) electrons. The Morgan fingerprint density at radius 1 is 1.00 bits per heavy atom. The smallest absolute Gasteiger partial charge is 0.267 e. The first-order valence-corrected chi connectivity index (χ1v) is 10.6. The molecule has 2 heterocycles. The van der Waals surface area contributed by atoms with Crippen molar-refractivity contribution in [1.82, 2.24) is 19.5 Å². The maximum absolute atomic E-state index is 13.8. The number of anilines is 3. The van der Waals surface area contributed by atoms with Crippen LogP contribution >= 0.6 is 0 Å². The van der Waals surface area contributed by atoms with Gasteiger partial charge >= 0.3 is 0 Å². The molecule has 34 heavy (non-hydrogen) atoms. The third-order valence-corrected chi connectivity index (χ3v) is 5.79. The maximum Gasteiger partial charge on any atom is 0.267 e. The van der Waals surface area contributed by atoms with E-state index in [1.54, 1.807) is 30.3 Å². The van der Waals surface area contributed by atoms with E-state index in [0.29, 0.717) is 17.0 Å². The predicted molar refractivity (Wildman–Crippen MR) is 127 cm³/mol. The van der Waals surface area contributed by atoms with Gasteiger partial charge in [0, 0.05) is 0 Å². The van der Waals surface area contributed by atoms with Crippen molar-refractivity contribution in [3.8, 4) is 17.8 Å². The fourth-order valence-corrected chi connectivity index (χ4v) is 4.06. The Hall–Kier alpha value is -4.96. The Kier molecular flexibility index (Phi) is 5.04. The van der Waals surface area contributed by atoms with Gasteiger partial charge in [0.25, 0.3) is 5.56 Å². The number of aromatic nitrogens is 4. The van der Waals surface area contributed by atoms with Gasteiger partial charge in [0.05, 0.1) is 28.2 Å². The lowest BCUT2D eigenvalue weighted by Gasteiger charge is -2.23. The van der Waals surface area contributed by atoms with E-state index in [-0.39, 0.29) is 45.6 Å². The Labute approximate surface area is 194 Å². The van der Waals surface area contributed by atoms with Gasteiger partial charge in [-0.05, 0) is 43.0 Å². The first-order chi connectivity index (χ1) is 16.5. The molecule has 0 aliphatic heterocycles. The van der Waals surface area contributed by atoms with E-state index in [4.69, 9.17) is 16.5 Å². The van der Waals surface area contributed by atoms with Crippen molar-refractivity contribution in [1.29, 1.82) is 10.5 Å². The molecule has 10 nitrogen and oxygen atoms in total. The summed E-state index contributed by atoms with van der Waals surface area (Å²) in [5, 5.41) is 22.7. The van der Waals surface area contributed by atoms with Gasteiger partial charge in [-0.3, -0.25) is 9.36 Å². The van der Waals surface area contributed by atoms with Crippen molar-refractivity contribution in [2.75, 3.05) is 16.8 Å². The van der Waals surface area contributed by atoms with Crippen molar-refractivity contribution in [2.45, 2.75) is 18.9 Å². The Morgan fingerprint density at radius 2 is 1.76 bits per heavy atom. The van der Waals surface area contributed by atoms with Crippen LogP contribution in [0.2, 0.25) is 0 Å². The molecule has 0 amide bonds. The van der Waals surface area contributed by atoms with Crippen LogP contribution in [0, 0.1) is 28.6 Å². The van der Waals surface area contributed by atoms with Gasteiger partial charge in [-0.25, -0.2) is 4.98 Å². The number of hydrogen-bond donors (Lipinski definition) is 3. The van der Waals surface area contributed by atoms with E-state index in [1.807, 2.05) is 24.3 Å². The Morgan fingerprint density at radius 3 is 2.44 bits per heavy atom. The number of fused-ring (bicyclic) bond motifs is 1. The number of hydrogen-bond acceptors (Lipinski definition) is 9. The fraction of sp³-hybridized carbons (Fsp3) is 0.167. The van der Waals surface area contributed by atoms with Gasteiger partial charge in [-0.1, -0.05) is 24.3 Å². The minimum Gasteiger partial charge on any atom is -0.382 e. The molecule has 0 unspecified atom stereocenters. The van der Waals surface area contributed by atoms with Gasteiger partial charge in [-0.2, -0.15) is 20.5 Å². The van der Waals surface area contributed by atoms with Crippen LogP contribution in [0.5, 0.6) is 0 Å². The van der Waals surface area contributed by atoms with Crippen LogP contribution < -0.4 is 22.3 Å². The normalized spacial score (nSPS) is 13.7. The first-order valence-electron chi connectivity index (χ1n) is 10.6. The molecule has 10 heteroatoms. The monoisotopic (exact) mass is 449 g/mol. The molecule has 2 aromatic heterocycles. The standard InChI is InChI=1S/C24H19N9O/c25-11-14-5-4-8-17-18(14)23(34)33(15-6-2-1-3-7-15)22(29-17)19(13-9-10-13)30-21-16(12-26)20(27)31-24(28)32-21/h1-8,13,19H,9-10H2,(H5,27,28,30,31,32)/t19-/m0/s1. The molecule has 0 bridgehead atoms. The van der Waals surface area contributed by atoms with E-state index in [0.717, 1.165) is 12.8 Å². The van der Waals surface area contributed by atoms with E-state index in [1.165, 1.54) is 4.57 Å². The zero-order chi connectivity index (χ0) is 23.8. The van der Waals surface area contributed by atoms with Crippen LogP contribution in [0.25, 0.3) is 16.6 Å². The van der Waals surface area contributed by atoms with Gasteiger partial charge in [-0.15, -0.1) is 0 Å². The van der Waals surface area contributed by atoms with Gasteiger partial charge in [0.1, 0.15) is 29.3 Å². The Balaban J connectivity index is 1.78. The van der Waals surface area contributed by atoms with Crippen molar-refractivity contribution >= 4 is 28.5 Å². The van der Waals surface area contributed by atoms with Crippen LogP contribution in [0.3, 0.4) is 0 Å². The van der Waals surface area contributed by atoms with Gasteiger partial charge < -0.3 is 16.8 Å². The first kappa shape index (κ1) is 20.9. The van der Waals surface area contributed by atoms with Crippen molar-refractivity contribution < 1.29 is 0 Å². The van der Waals surface area contributed by atoms with E-state index < -0.39 is 6.04 Å². The molecule has 1 aliphatic rings. The molecule has 5 rings (SSSR count). The Bertz CT molecular complexity index is 1560. The summed E-state index contributed by atoms with van der Waals surface area (Å²) in [7, 11) is 0. The molecule has 1 fully saturated rings. The number of benzene rings is 2. The number of rotatable bonds is 5. The molecule has 1 saturated carbocycles. The maximum atomic E-state index is 13.8. The van der Waals surface area contributed by atoms with Gasteiger partial charge in [0.15, 0.2) is 5.82 Å². The summed E-state index contributed by atoms with van der Waals surface area (Å²) in [6, 6.07) is 17.8. The van der Waals surface area contributed by atoms with Crippen molar-refractivity contribution in [3.63, 3.8) is 0 Å². The number of nitriles is 2. The molecule has 0 spiro atoms. The molecule has 1 atom stereocenters. The minimum atomic E-state index is -0.469. The second kappa shape index (κ2) is 8.19. The molecule has 166 valence electrons. The number of para-hydroxylation sites is 1. The third kappa shape index (κ3) is 3.53. The zero-order valence-corrected chi connectivity index (χ0v) is 17.9. The summed E-state index contributed by atoms with van der Waals surface area (Å²) >= 11 is 0. The lowest BCUT2D eigenvalue weighted by Crippen LogP contribution is -2.30. The average Bonchev–Trinajstić information content (AvgIpc) is 3.67. The highest BCUT2D eigenvalue weighted by molar-refractivity contribution is 5.84. The summed E-state index contributed by atoms with van der Waals surface area (Å²) in [5.41, 5.74) is 12.7. The van der Waals surface area contributed by atoms with Crippen LogP contribution in [0.1, 0.15) is 35.8 Å². The van der Waals surface area contributed by atoms with E-state index in [9.17, 15) is 15.3 Å². The molecule has 5 N–H and O–H groups in total. The lowest BCUT2D eigenvalue weighted by atomic mass is 10.1. The SMILES string of the molecule is N#Cc1c(N)nc(N)nc1N[C@H](c1nc2cccc(C#N)c2c(=O)n1-c1ccccc1)C1CC1. The third-order valence-electron chi connectivity index (χ3n) is 5.79. The lowest BCUT2D eigenvalue weighted by molar-refractivity contribution is 0.609. The molecular formula is C24H19N9O. The molecule has 4 aromatic rings. The molecule has 1 aliphatic carbocycles. The molecule has 0 saturated heterocycles. The van der Waals surface area contributed by atoms with Crippen molar-refractivity contribution in [2.24, 2.45) is 5.92 Å². The number of nitrogen functional groups attached to an aromatic ring is 2. The highest BCUT2D eigenvalue weighted by Crippen LogP contribution is 2.43. The van der Waals surface area contributed by atoms with Crippen LogP contribution in [-0.2, 0) is 0 Å². The highest BCUT2D eigenvalue weighted by Gasteiger charge is 2.37. The quantitative estimate of drug-likeness (QED) is 0.414. The zero-order valence-electron chi connectivity index (χ0n) is 17.9. The van der Waals surface area contributed by atoms with E-state index >= 15 is 0 Å². The van der Waals surface area contributed by atoms with Gasteiger partial charge in [0.2, 0.25) is 5.95 Å². The second-order valence-electron chi connectivity index (χ2n) is 8.02. The second-order valence-corrected chi connectivity index (χ2v) is 8.02. The summed E-state index contributed by atoms with van der Waals surface area (Å²) < 4.78 is 1.51. The predicted octanol–water partition coefficient (Wildman–Crippen LogP) is 2.65. The molecule has 2 aromatic carbocycles. The topological polar surface area (TPSA) is 172 Å². The minimum absolute atomic E-state index is 0.0300. The van der Waals surface area contributed by atoms with Crippen molar-refractivity contribution in [3.05, 3.63) is 75.8 Å². The average molecular weight is 449 g/mol. The summed E-state index contributed by atoms with van der Waals surface area (Å²) in [6.45, 7) is 0. The van der Waals surface area contributed by atoms with Crippen LogP contribution in [0.15, 0.2) is 53.3 Å².